The molecular weight excluding hydrogens is 269 g/mol. The van der Waals surface area contributed by atoms with Gasteiger partial charge in [-0.05, 0) is 36.8 Å². The van der Waals surface area contributed by atoms with Gasteiger partial charge in [0, 0.05) is 21.8 Å². The maximum Gasteiger partial charge on any atom is 0.178 e. The molecule has 0 atom stereocenters. The van der Waals surface area contributed by atoms with Crippen LogP contribution in [0.15, 0.2) is 30.5 Å². The fourth-order valence-electron chi connectivity index (χ4n) is 1.83. The predicted molar refractivity (Wildman–Crippen MR) is 74.1 cm³/mol. The van der Waals surface area contributed by atoms with Gasteiger partial charge in [0.25, 0.3) is 0 Å². The second kappa shape index (κ2) is 4.26. The second-order valence-corrected chi connectivity index (χ2v) is 5.00. The average Bonchev–Trinajstić information content (AvgIpc) is 2.70. The molecular formula is C13H9Cl2N3. The van der Waals surface area contributed by atoms with Gasteiger partial charge in [-0.1, -0.05) is 23.2 Å². The Hall–Kier alpha value is -1.58. The Balaban J connectivity index is 2.19. The van der Waals surface area contributed by atoms with Crippen molar-refractivity contribution in [3.8, 4) is 11.4 Å². The zero-order chi connectivity index (χ0) is 12.7. The van der Waals surface area contributed by atoms with E-state index in [0.717, 1.165) is 16.6 Å². The van der Waals surface area contributed by atoms with Crippen molar-refractivity contribution >= 4 is 34.4 Å². The van der Waals surface area contributed by atoms with Crippen LogP contribution in [0, 0.1) is 6.92 Å². The van der Waals surface area contributed by atoms with E-state index >= 15 is 0 Å². The number of aryl methyl sites for hydroxylation is 1. The highest BCUT2D eigenvalue weighted by Gasteiger charge is 2.08. The van der Waals surface area contributed by atoms with Crippen molar-refractivity contribution in [2.75, 3.05) is 0 Å². The molecule has 0 unspecified atom stereocenters. The molecule has 3 nitrogen and oxygen atoms in total. The quantitative estimate of drug-likeness (QED) is 0.723. The van der Waals surface area contributed by atoms with Crippen molar-refractivity contribution in [1.29, 1.82) is 0 Å². The first-order valence-electron chi connectivity index (χ1n) is 5.41. The number of halogens is 2. The third-order valence-corrected chi connectivity index (χ3v) is 3.05. The van der Waals surface area contributed by atoms with E-state index in [0.29, 0.717) is 21.5 Å². The number of benzene rings is 1. The molecule has 0 saturated carbocycles. The summed E-state index contributed by atoms with van der Waals surface area (Å²) in [6.45, 7) is 1.99. The number of H-pyrrole nitrogens is 1. The molecule has 0 aliphatic heterocycles. The van der Waals surface area contributed by atoms with Gasteiger partial charge in [-0.3, -0.25) is 0 Å². The van der Waals surface area contributed by atoms with Gasteiger partial charge in [-0.2, -0.15) is 0 Å². The van der Waals surface area contributed by atoms with E-state index in [1.807, 2.05) is 25.1 Å². The van der Waals surface area contributed by atoms with E-state index in [1.54, 1.807) is 12.3 Å². The van der Waals surface area contributed by atoms with Crippen LogP contribution in [0.1, 0.15) is 5.56 Å². The molecule has 0 saturated heterocycles. The summed E-state index contributed by atoms with van der Waals surface area (Å²) in [4.78, 5) is 11.9. The lowest BCUT2D eigenvalue weighted by atomic mass is 10.2. The molecule has 5 heteroatoms. The number of nitrogens with zero attached hydrogens (tertiary/aromatic N) is 2. The predicted octanol–water partition coefficient (Wildman–Crippen LogP) is 4.24. The van der Waals surface area contributed by atoms with Crippen molar-refractivity contribution in [1.82, 2.24) is 15.0 Å². The molecule has 0 radical (unpaired) electrons. The van der Waals surface area contributed by atoms with E-state index in [9.17, 15) is 0 Å². The van der Waals surface area contributed by atoms with Gasteiger partial charge in [-0.25, -0.2) is 9.97 Å². The minimum absolute atomic E-state index is 0.585. The van der Waals surface area contributed by atoms with Gasteiger partial charge in [0.05, 0.1) is 5.52 Å². The van der Waals surface area contributed by atoms with Crippen LogP contribution < -0.4 is 0 Å². The molecule has 2 aromatic heterocycles. The molecule has 18 heavy (non-hydrogen) atoms. The fourth-order valence-corrected chi connectivity index (χ4v) is 2.36. The van der Waals surface area contributed by atoms with Crippen molar-refractivity contribution in [2.45, 2.75) is 6.92 Å². The number of nitrogens with one attached hydrogen (secondary N) is 1. The van der Waals surface area contributed by atoms with Gasteiger partial charge in [-0.15, -0.1) is 0 Å². The van der Waals surface area contributed by atoms with E-state index in [2.05, 4.69) is 15.0 Å². The van der Waals surface area contributed by atoms with E-state index in [-0.39, 0.29) is 0 Å². The van der Waals surface area contributed by atoms with Crippen LogP contribution in [0.5, 0.6) is 0 Å². The van der Waals surface area contributed by atoms with Crippen LogP contribution in [-0.4, -0.2) is 15.0 Å². The highest BCUT2D eigenvalue weighted by Crippen LogP contribution is 2.26. The lowest BCUT2D eigenvalue weighted by Crippen LogP contribution is -1.80. The van der Waals surface area contributed by atoms with Gasteiger partial charge < -0.3 is 4.98 Å². The van der Waals surface area contributed by atoms with Crippen LogP contribution in [0.3, 0.4) is 0 Å². The molecule has 0 bridgehead atoms. The zero-order valence-corrected chi connectivity index (χ0v) is 11.0. The third-order valence-electron chi connectivity index (χ3n) is 2.61. The molecule has 0 fully saturated rings. The lowest BCUT2D eigenvalue weighted by Gasteiger charge is -1.98. The molecule has 0 aliphatic rings. The Labute approximate surface area is 114 Å². The summed E-state index contributed by atoms with van der Waals surface area (Å²) in [7, 11) is 0. The van der Waals surface area contributed by atoms with Gasteiger partial charge in [0.2, 0.25) is 0 Å². The van der Waals surface area contributed by atoms with Crippen LogP contribution in [0.25, 0.3) is 22.6 Å². The summed E-state index contributed by atoms with van der Waals surface area (Å²) < 4.78 is 0. The van der Waals surface area contributed by atoms with Crippen molar-refractivity contribution in [3.63, 3.8) is 0 Å². The minimum atomic E-state index is 0.585. The minimum Gasteiger partial charge on any atom is -0.337 e. The van der Waals surface area contributed by atoms with Crippen molar-refractivity contribution in [3.05, 3.63) is 46.1 Å². The van der Waals surface area contributed by atoms with E-state index < -0.39 is 0 Å². The number of imidazole rings is 1. The highest BCUT2D eigenvalue weighted by atomic mass is 35.5. The van der Waals surface area contributed by atoms with E-state index in [4.69, 9.17) is 23.2 Å². The summed E-state index contributed by atoms with van der Waals surface area (Å²) in [5.41, 5.74) is 3.53. The summed E-state index contributed by atoms with van der Waals surface area (Å²) in [5, 5.41) is 1.17. The first-order valence-corrected chi connectivity index (χ1v) is 6.16. The number of hydrogen-bond donors (Lipinski definition) is 1. The normalized spacial score (nSPS) is 11.1. The first kappa shape index (κ1) is 11.5. The Kier molecular flexibility index (Phi) is 2.73. The molecule has 1 aromatic carbocycles. The maximum atomic E-state index is 5.98. The molecule has 3 rings (SSSR count). The van der Waals surface area contributed by atoms with Crippen LogP contribution >= 0.6 is 23.2 Å². The maximum absolute atomic E-state index is 5.98. The largest absolute Gasteiger partial charge is 0.337 e. The van der Waals surface area contributed by atoms with Crippen molar-refractivity contribution < 1.29 is 0 Å². The van der Waals surface area contributed by atoms with Crippen LogP contribution in [-0.2, 0) is 0 Å². The Morgan fingerprint density at radius 1 is 1.06 bits per heavy atom. The first-order chi connectivity index (χ1) is 8.61. The summed E-state index contributed by atoms with van der Waals surface area (Å²) >= 11 is 12.0. The molecule has 3 aromatic rings. The molecule has 0 amide bonds. The number of fused-ring (bicyclic) bond motifs is 1. The molecule has 0 spiro atoms. The summed E-state index contributed by atoms with van der Waals surface area (Å²) in [5.74, 6) is 0.715. The van der Waals surface area contributed by atoms with Gasteiger partial charge in [0.15, 0.2) is 5.65 Å². The van der Waals surface area contributed by atoms with Gasteiger partial charge in [0.1, 0.15) is 5.82 Å². The fraction of sp³-hybridized carbons (Fsp3) is 0.0769. The van der Waals surface area contributed by atoms with Crippen molar-refractivity contribution in [2.24, 2.45) is 0 Å². The standard InChI is InChI=1S/C13H9Cl2N3/c1-7-2-11-13(16-6-7)18-12(17-11)8-3-9(14)5-10(15)4-8/h2-6H,1H3,(H,16,17,18). The number of hydrogen-bond acceptors (Lipinski definition) is 2. The topological polar surface area (TPSA) is 41.6 Å². The molecule has 2 heterocycles. The highest BCUT2D eigenvalue weighted by molar-refractivity contribution is 6.35. The zero-order valence-electron chi connectivity index (χ0n) is 9.54. The molecule has 0 aliphatic carbocycles. The molecule has 1 N–H and O–H groups in total. The Bertz CT molecular complexity index is 714. The average molecular weight is 278 g/mol. The van der Waals surface area contributed by atoms with Crippen LogP contribution in [0.4, 0.5) is 0 Å². The number of rotatable bonds is 1. The smallest absolute Gasteiger partial charge is 0.178 e. The SMILES string of the molecule is Cc1cnc2nc(-c3cc(Cl)cc(Cl)c3)[nH]c2c1. The van der Waals surface area contributed by atoms with E-state index in [1.165, 1.54) is 0 Å². The Morgan fingerprint density at radius 3 is 2.50 bits per heavy atom. The van der Waals surface area contributed by atoms with Crippen LogP contribution in [0.2, 0.25) is 10.0 Å². The van der Waals surface area contributed by atoms with Gasteiger partial charge >= 0.3 is 0 Å². The third kappa shape index (κ3) is 2.07. The summed E-state index contributed by atoms with van der Waals surface area (Å²) in [6, 6.07) is 7.33. The summed E-state index contributed by atoms with van der Waals surface area (Å²) in [6.07, 6.45) is 1.79. The number of pyridine rings is 1. The monoisotopic (exact) mass is 277 g/mol. The Morgan fingerprint density at radius 2 is 1.78 bits per heavy atom. The lowest BCUT2D eigenvalue weighted by molar-refractivity contribution is 1.28. The number of aromatic amines is 1. The second-order valence-electron chi connectivity index (χ2n) is 4.13. The molecule has 90 valence electrons. The number of aromatic nitrogens is 3.